The van der Waals surface area contributed by atoms with Crippen LogP contribution < -0.4 is 4.90 Å². The Balaban J connectivity index is 1.75. The van der Waals surface area contributed by atoms with Crippen molar-refractivity contribution in [3.63, 3.8) is 0 Å². The van der Waals surface area contributed by atoms with Crippen LogP contribution in [0.25, 0.3) is 10.2 Å². The van der Waals surface area contributed by atoms with E-state index in [1.807, 2.05) is 19.9 Å². The second kappa shape index (κ2) is 7.02. The summed E-state index contributed by atoms with van der Waals surface area (Å²) < 4.78 is 20.5. The van der Waals surface area contributed by atoms with Crippen molar-refractivity contribution in [3.8, 4) is 0 Å². The number of carbonyl (C=O) groups is 1. The first-order chi connectivity index (χ1) is 12.5. The third-order valence-electron chi connectivity index (χ3n) is 4.34. The van der Waals surface area contributed by atoms with E-state index in [1.165, 1.54) is 28.7 Å². The normalized spacial score (nSPS) is 17.1. The van der Waals surface area contributed by atoms with Crippen LogP contribution in [-0.4, -0.2) is 35.1 Å². The zero-order chi connectivity index (χ0) is 18.3. The van der Waals surface area contributed by atoms with Crippen LogP contribution in [0, 0.1) is 19.7 Å². The lowest BCUT2D eigenvalue weighted by Crippen LogP contribution is -2.37. The van der Waals surface area contributed by atoms with Crippen molar-refractivity contribution in [2.45, 2.75) is 32.8 Å². The minimum Gasteiger partial charge on any atom is -0.376 e. The maximum atomic E-state index is 14.1. The van der Waals surface area contributed by atoms with Gasteiger partial charge in [-0.3, -0.25) is 9.69 Å². The Kier molecular flexibility index (Phi) is 4.73. The molecular formula is C18H18FN3O2S2. The Morgan fingerprint density at radius 2 is 2.19 bits per heavy atom. The molecule has 0 N–H and O–H groups in total. The maximum Gasteiger partial charge on any atom is 0.272 e. The number of hydrogen-bond acceptors (Lipinski definition) is 6. The first kappa shape index (κ1) is 17.5. The number of halogens is 1. The number of ether oxygens (including phenoxy) is 1. The summed E-state index contributed by atoms with van der Waals surface area (Å²) in [7, 11) is 0. The van der Waals surface area contributed by atoms with Gasteiger partial charge in [-0.2, -0.15) is 0 Å². The number of rotatable bonds is 4. The highest BCUT2D eigenvalue weighted by molar-refractivity contribution is 7.22. The summed E-state index contributed by atoms with van der Waals surface area (Å²) in [6.07, 6.45) is 1.87. The Labute approximate surface area is 158 Å². The lowest BCUT2D eigenvalue weighted by molar-refractivity contribution is 0.0920. The molecule has 1 aromatic carbocycles. The lowest BCUT2D eigenvalue weighted by Gasteiger charge is -2.22. The number of anilines is 1. The molecule has 26 heavy (non-hydrogen) atoms. The standard InChI is InChI=1S/C18H18FN3O2S2/c1-10-16(25-11(2)20-10)17(23)22(9-12-5-4-8-24-12)18-21-15-13(19)6-3-7-14(15)26-18/h3,6-7,12H,4-5,8-9H2,1-2H3. The van der Waals surface area contributed by atoms with E-state index in [2.05, 4.69) is 9.97 Å². The van der Waals surface area contributed by atoms with E-state index < -0.39 is 0 Å². The average Bonchev–Trinajstić information content (AvgIpc) is 3.32. The highest BCUT2D eigenvalue weighted by Crippen LogP contribution is 2.33. The topological polar surface area (TPSA) is 55.3 Å². The molecule has 1 atom stereocenters. The molecule has 3 heterocycles. The fourth-order valence-electron chi connectivity index (χ4n) is 3.11. The molecule has 1 aliphatic heterocycles. The van der Waals surface area contributed by atoms with Crippen LogP contribution in [0.1, 0.15) is 33.2 Å². The van der Waals surface area contributed by atoms with Crippen LogP contribution in [0.2, 0.25) is 0 Å². The summed E-state index contributed by atoms with van der Waals surface area (Å²) in [5, 5.41) is 1.34. The van der Waals surface area contributed by atoms with Crippen LogP contribution in [0.15, 0.2) is 18.2 Å². The molecule has 8 heteroatoms. The lowest BCUT2D eigenvalue weighted by atomic mass is 10.2. The molecule has 2 aromatic heterocycles. The molecule has 3 aromatic rings. The molecule has 1 fully saturated rings. The van der Waals surface area contributed by atoms with E-state index in [0.29, 0.717) is 34.4 Å². The third-order valence-corrected chi connectivity index (χ3v) is 6.45. The van der Waals surface area contributed by atoms with Gasteiger partial charge < -0.3 is 4.74 Å². The van der Waals surface area contributed by atoms with Gasteiger partial charge in [-0.1, -0.05) is 17.4 Å². The first-order valence-corrected chi connectivity index (χ1v) is 10.1. The van der Waals surface area contributed by atoms with Crippen molar-refractivity contribution in [1.29, 1.82) is 0 Å². The van der Waals surface area contributed by atoms with Gasteiger partial charge in [-0.25, -0.2) is 14.4 Å². The highest BCUT2D eigenvalue weighted by Gasteiger charge is 2.29. The van der Waals surface area contributed by atoms with Gasteiger partial charge in [0.25, 0.3) is 5.91 Å². The van der Waals surface area contributed by atoms with Gasteiger partial charge in [0.1, 0.15) is 16.2 Å². The molecule has 0 bridgehead atoms. The first-order valence-electron chi connectivity index (χ1n) is 8.45. The predicted molar refractivity (Wildman–Crippen MR) is 102 cm³/mol. The zero-order valence-corrected chi connectivity index (χ0v) is 16.1. The molecule has 0 radical (unpaired) electrons. The van der Waals surface area contributed by atoms with Gasteiger partial charge in [0.2, 0.25) is 0 Å². The third kappa shape index (κ3) is 3.24. The second-order valence-electron chi connectivity index (χ2n) is 6.28. The molecular weight excluding hydrogens is 373 g/mol. The fraction of sp³-hybridized carbons (Fsp3) is 0.389. The van der Waals surface area contributed by atoms with Crippen LogP contribution in [-0.2, 0) is 4.74 Å². The summed E-state index contributed by atoms with van der Waals surface area (Å²) in [4.78, 5) is 24.2. The van der Waals surface area contributed by atoms with E-state index in [0.717, 1.165) is 22.5 Å². The van der Waals surface area contributed by atoms with E-state index in [-0.39, 0.29) is 17.8 Å². The highest BCUT2D eigenvalue weighted by atomic mass is 32.1. The molecule has 1 amide bonds. The van der Waals surface area contributed by atoms with Gasteiger partial charge in [-0.15, -0.1) is 11.3 Å². The van der Waals surface area contributed by atoms with Crippen molar-refractivity contribution in [2.24, 2.45) is 0 Å². The number of thiazole rings is 2. The van der Waals surface area contributed by atoms with Crippen LogP contribution in [0.4, 0.5) is 9.52 Å². The number of carbonyl (C=O) groups excluding carboxylic acids is 1. The van der Waals surface area contributed by atoms with Crippen molar-refractivity contribution >= 4 is 43.9 Å². The number of fused-ring (bicyclic) bond motifs is 1. The largest absolute Gasteiger partial charge is 0.376 e. The van der Waals surface area contributed by atoms with Crippen molar-refractivity contribution < 1.29 is 13.9 Å². The van der Waals surface area contributed by atoms with Crippen LogP contribution in [0.3, 0.4) is 0 Å². The number of nitrogens with zero attached hydrogens (tertiary/aromatic N) is 3. The smallest absolute Gasteiger partial charge is 0.272 e. The number of hydrogen-bond donors (Lipinski definition) is 0. The average molecular weight is 391 g/mol. The summed E-state index contributed by atoms with van der Waals surface area (Å²) in [6, 6.07) is 4.85. The van der Waals surface area contributed by atoms with Gasteiger partial charge in [0, 0.05) is 6.61 Å². The SMILES string of the molecule is Cc1nc(C)c(C(=O)N(CC2CCCO2)c2nc3c(F)cccc3s2)s1. The van der Waals surface area contributed by atoms with E-state index in [9.17, 15) is 9.18 Å². The Bertz CT molecular complexity index is 963. The molecule has 4 rings (SSSR count). The molecule has 5 nitrogen and oxygen atoms in total. The molecule has 1 unspecified atom stereocenters. The van der Waals surface area contributed by atoms with E-state index in [4.69, 9.17) is 4.74 Å². The number of para-hydroxylation sites is 1. The summed E-state index contributed by atoms with van der Waals surface area (Å²) in [6.45, 7) is 4.83. The van der Waals surface area contributed by atoms with Gasteiger partial charge in [-0.05, 0) is 38.8 Å². The molecule has 0 saturated carbocycles. The van der Waals surface area contributed by atoms with Gasteiger partial charge >= 0.3 is 0 Å². The van der Waals surface area contributed by atoms with Gasteiger partial charge in [0.05, 0.1) is 28.1 Å². The number of benzene rings is 1. The fourth-order valence-corrected chi connectivity index (χ4v) is 4.97. The predicted octanol–water partition coefficient (Wildman–Crippen LogP) is 4.33. The summed E-state index contributed by atoms with van der Waals surface area (Å²) in [5.41, 5.74) is 1.01. The van der Waals surface area contributed by atoms with Crippen molar-refractivity contribution in [2.75, 3.05) is 18.1 Å². The summed E-state index contributed by atoms with van der Waals surface area (Å²) in [5.74, 6) is -0.526. The molecule has 136 valence electrons. The monoisotopic (exact) mass is 391 g/mol. The second-order valence-corrected chi connectivity index (χ2v) is 8.49. The number of aryl methyl sites for hydroxylation is 2. The molecule has 1 aliphatic rings. The number of amides is 1. The minimum atomic E-state index is -0.376. The van der Waals surface area contributed by atoms with Crippen molar-refractivity contribution in [1.82, 2.24) is 9.97 Å². The van der Waals surface area contributed by atoms with Crippen LogP contribution >= 0.6 is 22.7 Å². The zero-order valence-electron chi connectivity index (χ0n) is 14.5. The molecule has 0 aliphatic carbocycles. The Morgan fingerprint density at radius 3 is 2.85 bits per heavy atom. The van der Waals surface area contributed by atoms with Crippen LogP contribution in [0.5, 0.6) is 0 Å². The van der Waals surface area contributed by atoms with E-state index in [1.54, 1.807) is 11.0 Å². The quantitative estimate of drug-likeness (QED) is 0.664. The number of aromatic nitrogens is 2. The van der Waals surface area contributed by atoms with Crippen molar-refractivity contribution in [3.05, 3.63) is 39.6 Å². The van der Waals surface area contributed by atoms with Gasteiger partial charge in [0.15, 0.2) is 5.13 Å². The Hall–Kier alpha value is -1.90. The molecule has 0 spiro atoms. The molecule has 1 saturated heterocycles. The van der Waals surface area contributed by atoms with E-state index >= 15 is 0 Å². The minimum absolute atomic E-state index is 0.0230. The summed E-state index contributed by atoms with van der Waals surface area (Å²) >= 11 is 2.69. The maximum absolute atomic E-state index is 14.1. The Morgan fingerprint density at radius 1 is 1.35 bits per heavy atom.